The van der Waals surface area contributed by atoms with E-state index in [0.29, 0.717) is 23.7 Å². The lowest BCUT2D eigenvalue weighted by Gasteiger charge is -2.34. The highest BCUT2D eigenvalue weighted by Gasteiger charge is 2.35. The minimum absolute atomic E-state index is 0.212. The third-order valence-electron chi connectivity index (χ3n) is 4.55. The van der Waals surface area contributed by atoms with Gasteiger partial charge in [-0.25, -0.2) is 4.79 Å². The second kappa shape index (κ2) is 8.88. The average Bonchev–Trinajstić information content (AvgIpc) is 2.72. The molecule has 0 aromatic heterocycles. The summed E-state index contributed by atoms with van der Waals surface area (Å²) in [5.41, 5.74) is 1.22. The van der Waals surface area contributed by atoms with Crippen molar-refractivity contribution in [2.45, 2.75) is 31.6 Å². The van der Waals surface area contributed by atoms with Crippen molar-refractivity contribution in [3.63, 3.8) is 0 Å². The van der Waals surface area contributed by atoms with Gasteiger partial charge in [-0.15, -0.1) is 0 Å². The first-order chi connectivity index (χ1) is 13.1. The number of carbonyl (C=O) groups excluding carboxylic acids is 1. The fourth-order valence-electron chi connectivity index (χ4n) is 3.09. The number of ether oxygens (including phenoxy) is 3. The Morgan fingerprint density at radius 2 is 2.07 bits per heavy atom. The van der Waals surface area contributed by atoms with E-state index in [1.165, 1.54) is 0 Å². The van der Waals surface area contributed by atoms with Gasteiger partial charge in [-0.2, -0.15) is 0 Å². The Kier molecular flexibility index (Phi) is 6.32. The monoisotopic (exact) mass is 371 g/mol. The Morgan fingerprint density at radius 3 is 2.78 bits per heavy atom. The maximum atomic E-state index is 12.6. The number of esters is 1. The number of hydrogen-bond acceptors (Lipinski definition) is 6. The van der Waals surface area contributed by atoms with E-state index in [0.717, 1.165) is 18.5 Å². The molecular weight excluding hydrogens is 346 g/mol. The molecule has 0 saturated heterocycles. The Balaban J connectivity index is 1.85. The molecule has 0 bridgehead atoms. The van der Waals surface area contributed by atoms with Crippen LogP contribution in [0.3, 0.4) is 0 Å². The predicted octanol–water partition coefficient (Wildman–Crippen LogP) is 2.77. The number of hydrogen-bond donors (Lipinski definition) is 2. The molecule has 6 nitrogen and oxygen atoms in total. The summed E-state index contributed by atoms with van der Waals surface area (Å²) in [5.74, 6) is 0.612. The van der Waals surface area contributed by atoms with E-state index in [1.807, 2.05) is 12.1 Å². The second-order valence-corrected chi connectivity index (χ2v) is 6.45. The Hall–Kier alpha value is -2.57. The summed E-state index contributed by atoms with van der Waals surface area (Å²) in [6.45, 7) is 3.20. The molecule has 1 aliphatic heterocycles. The first-order valence-electron chi connectivity index (χ1n) is 9.11. The Bertz CT molecular complexity index is 764. The maximum Gasteiger partial charge on any atom is 0.340 e. The highest BCUT2D eigenvalue weighted by atomic mass is 16.6. The van der Waals surface area contributed by atoms with Gasteiger partial charge in [0.15, 0.2) is 6.10 Å². The van der Waals surface area contributed by atoms with Gasteiger partial charge in [0.2, 0.25) is 0 Å². The number of aliphatic hydroxyl groups is 1. The van der Waals surface area contributed by atoms with Crippen molar-refractivity contribution in [3.05, 3.63) is 59.7 Å². The molecular formula is C21H25NO5. The van der Waals surface area contributed by atoms with Crippen LogP contribution < -0.4 is 14.8 Å². The molecule has 0 amide bonds. The molecule has 0 spiro atoms. The molecule has 0 fully saturated rings. The highest BCUT2D eigenvalue weighted by Crippen LogP contribution is 2.38. The van der Waals surface area contributed by atoms with Crippen LogP contribution >= 0.6 is 0 Å². The fourth-order valence-corrected chi connectivity index (χ4v) is 3.09. The molecule has 2 aromatic carbocycles. The van der Waals surface area contributed by atoms with Crippen LogP contribution in [0.5, 0.6) is 11.5 Å². The van der Waals surface area contributed by atoms with Gasteiger partial charge in [-0.3, -0.25) is 0 Å². The molecule has 2 aromatic rings. The predicted molar refractivity (Wildman–Crippen MR) is 101 cm³/mol. The summed E-state index contributed by atoms with van der Waals surface area (Å²) in [6.07, 6.45) is -0.981. The average molecular weight is 371 g/mol. The van der Waals surface area contributed by atoms with Gasteiger partial charge < -0.3 is 24.6 Å². The number of nitrogens with one attached hydrogen (secondary N) is 1. The molecule has 6 heteroatoms. The van der Waals surface area contributed by atoms with Crippen LogP contribution in [-0.4, -0.2) is 37.4 Å². The van der Waals surface area contributed by atoms with Crippen LogP contribution in [0.4, 0.5) is 0 Å². The van der Waals surface area contributed by atoms with Crippen molar-refractivity contribution in [2.75, 3.05) is 20.3 Å². The number of methoxy groups -OCH3 is 1. The number of benzene rings is 2. The molecule has 3 atom stereocenters. The van der Waals surface area contributed by atoms with Crippen LogP contribution in [0, 0.1) is 0 Å². The van der Waals surface area contributed by atoms with Crippen molar-refractivity contribution in [1.29, 1.82) is 0 Å². The van der Waals surface area contributed by atoms with Gasteiger partial charge in [0.1, 0.15) is 24.2 Å². The lowest BCUT2D eigenvalue weighted by molar-refractivity contribution is -0.163. The quantitative estimate of drug-likeness (QED) is 0.729. The van der Waals surface area contributed by atoms with E-state index in [1.54, 1.807) is 43.5 Å². The number of fused-ring (bicyclic) bond motifs is 1. The zero-order chi connectivity index (χ0) is 19.2. The van der Waals surface area contributed by atoms with Crippen molar-refractivity contribution >= 4 is 5.97 Å². The van der Waals surface area contributed by atoms with E-state index in [2.05, 4.69) is 12.2 Å². The van der Waals surface area contributed by atoms with Gasteiger partial charge in [0, 0.05) is 5.56 Å². The summed E-state index contributed by atoms with van der Waals surface area (Å²) < 4.78 is 16.9. The molecule has 144 valence electrons. The third kappa shape index (κ3) is 4.40. The van der Waals surface area contributed by atoms with Crippen LogP contribution in [0.2, 0.25) is 0 Å². The second-order valence-electron chi connectivity index (χ2n) is 6.45. The lowest BCUT2D eigenvalue weighted by atomic mass is 9.98. The first-order valence-corrected chi connectivity index (χ1v) is 9.11. The summed E-state index contributed by atoms with van der Waals surface area (Å²) in [5, 5.41) is 13.7. The van der Waals surface area contributed by atoms with Crippen molar-refractivity contribution in [3.8, 4) is 11.5 Å². The minimum Gasteiger partial charge on any atom is -0.497 e. The van der Waals surface area contributed by atoms with E-state index < -0.39 is 18.2 Å². The van der Waals surface area contributed by atoms with E-state index in [4.69, 9.17) is 14.2 Å². The number of carbonyl (C=O) groups is 1. The Morgan fingerprint density at radius 1 is 1.30 bits per heavy atom. The van der Waals surface area contributed by atoms with Gasteiger partial charge in [-0.1, -0.05) is 37.3 Å². The van der Waals surface area contributed by atoms with E-state index in [9.17, 15) is 9.90 Å². The third-order valence-corrected chi connectivity index (χ3v) is 4.55. The van der Waals surface area contributed by atoms with Gasteiger partial charge >= 0.3 is 5.97 Å². The lowest BCUT2D eigenvalue weighted by Crippen LogP contribution is -2.45. The van der Waals surface area contributed by atoms with Gasteiger partial charge in [-0.05, 0) is 36.7 Å². The van der Waals surface area contributed by atoms with Gasteiger partial charge in [0.05, 0.1) is 13.2 Å². The van der Waals surface area contributed by atoms with Crippen LogP contribution in [-0.2, 0) is 9.53 Å². The maximum absolute atomic E-state index is 12.6. The minimum atomic E-state index is -1.34. The topological polar surface area (TPSA) is 77.0 Å². The molecule has 2 N–H and O–H groups in total. The molecule has 3 rings (SSSR count). The SMILES string of the molecule is CCCN[C@@H]1COc2ccc(OC)cc2[C@H]1OC(=O)C(O)c1ccccc1. The first kappa shape index (κ1) is 19.2. The number of rotatable bonds is 7. The van der Waals surface area contributed by atoms with Crippen molar-refractivity contribution < 1.29 is 24.1 Å². The Labute approximate surface area is 159 Å². The highest BCUT2D eigenvalue weighted by molar-refractivity contribution is 5.76. The largest absolute Gasteiger partial charge is 0.497 e. The van der Waals surface area contributed by atoms with E-state index in [-0.39, 0.29) is 6.04 Å². The van der Waals surface area contributed by atoms with E-state index >= 15 is 0 Å². The standard InChI is InChI=1S/C21H25NO5/c1-3-11-22-17-13-26-18-10-9-15(25-2)12-16(18)20(17)27-21(24)19(23)14-7-5-4-6-8-14/h4-10,12,17,19-20,22-23H,3,11,13H2,1-2H3/t17-,19?,20-/m1/s1. The molecule has 0 aliphatic carbocycles. The van der Waals surface area contributed by atoms with Crippen LogP contribution in [0.15, 0.2) is 48.5 Å². The number of aliphatic hydroxyl groups excluding tert-OH is 1. The summed E-state index contributed by atoms with van der Waals surface area (Å²) in [7, 11) is 1.58. The summed E-state index contributed by atoms with van der Waals surface area (Å²) in [4.78, 5) is 12.6. The van der Waals surface area contributed by atoms with Crippen molar-refractivity contribution in [2.24, 2.45) is 0 Å². The van der Waals surface area contributed by atoms with Crippen molar-refractivity contribution in [1.82, 2.24) is 5.32 Å². The smallest absolute Gasteiger partial charge is 0.340 e. The summed E-state index contributed by atoms with van der Waals surface area (Å²) >= 11 is 0. The van der Waals surface area contributed by atoms with Crippen LogP contribution in [0.1, 0.15) is 36.7 Å². The fraction of sp³-hybridized carbons (Fsp3) is 0.381. The molecule has 1 aliphatic rings. The molecule has 0 radical (unpaired) electrons. The molecule has 1 heterocycles. The molecule has 1 unspecified atom stereocenters. The van der Waals surface area contributed by atoms with Crippen LogP contribution in [0.25, 0.3) is 0 Å². The molecule has 27 heavy (non-hydrogen) atoms. The van der Waals surface area contributed by atoms with Gasteiger partial charge in [0.25, 0.3) is 0 Å². The summed E-state index contributed by atoms with van der Waals surface area (Å²) in [6, 6.07) is 14.0. The zero-order valence-electron chi connectivity index (χ0n) is 15.6. The normalized spacial score (nSPS) is 19.5. The molecule has 0 saturated carbocycles. The zero-order valence-corrected chi connectivity index (χ0v) is 15.6.